The zero-order chi connectivity index (χ0) is 19.8. The van der Waals surface area contributed by atoms with Crippen LogP contribution >= 0.6 is 11.6 Å². The highest BCUT2D eigenvalue weighted by Crippen LogP contribution is 2.29. The summed E-state index contributed by atoms with van der Waals surface area (Å²) >= 11 is 5.98. The summed E-state index contributed by atoms with van der Waals surface area (Å²) in [5, 5.41) is 13.4. The summed E-state index contributed by atoms with van der Waals surface area (Å²) in [5.41, 5.74) is 1.63. The molecule has 8 nitrogen and oxygen atoms in total. The van der Waals surface area contributed by atoms with Crippen LogP contribution in [0.3, 0.4) is 0 Å². The Morgan fingerprint density at radius 2 is 2.00 bits per heavy atom. The molecule has 3 rings (SSSR count). The lowest BCUT2D eigenvalue weighted by Crippen LogP contribution is -2.25. The standard InChI is InChI=1S/C17H16ClN3O5S/c1-11-9-12(20-7-2-8-27(20,25)26)4-6-16(11)19-17(22)14-5-3-13(21(23)24)10-15(14)18/h3-6,9-10H,2,7-8H2,1H3,(H,19,22). The number of anilines is 2. The van der Waals surface area contributed by atoms with Gasteiger partial charge in [0, 0.05) is 24.4 Å². The zero-order valence-electron chi connectivity index (χ0n) is 14.3. The first-order valence-electron chi connectivity index (χ1n) is 8.05. The Bertz CT molecular complexity index is 1040. The maximum atomic E-state index is 12.4. The molecular formula is C17H16ClN3O5S. The molecule has 0 unspecified atom stereocenters. The lowest BCUT2D eigenvalue weighted by molar-refractivity contribution is -0.384. The van der Waals surface area contributed by atoms with Crippen LogP contribution in [0.25, 0.3) is 0 Å². The van der Waals surface area contributed by atoms with Crippen LogP contribution in [-0.2, 0) is 10.0 Å². The predicted molar refractivity (Wildman–Crippen MR) is 103 cm³/mol. The van der Waals surface area contributed by atoms with Gasteiger partial charge in [0.15, 0.2) is 0 Å². The second-order valence-corrected chi connectivity index (χ2v) is 8.54. The minimum Gasteiger partial charge on any atom is -0.322 e. The number of non-ortho nitro benzene ring substituents is 1. The normalized spacial score (nSPS) is 15.6. The average Bonchev–Trinajstić information content (AvgIpc) is 2.95. The van der Waals surface area contributed by atoms with Gasteiger partial charge in [0.1, 0.15) is 0 Å². The Balaban J connectivity index is 1.82. The Kier molecular flexibility index (Phi) is 5.07. The van der Waals surface area contributed by atoms with E-state index in [0.717, 1.165) is 6.07 Å². The maximum Gasteiger partial charge on any atom is 0.270 e. The third-order valence-corrected chi connectivity index (χ3v) is 6.44. The number of amides is 1. The van der Waals surface area contributed by atoms with Gasteiger partial charge in [-0.05, 0) is 43.2 Å². The molecule has 10 heteroatoms. The highest BCUT2D eigenvalue weighted by molar-refractivity contribution is 7.93. The van der Waals surface area contributed by atoms with E-state index in [1.807, 2.05) is 0 Å². The molecule has 1 aliphatic rings. The van der Waals surface area contributed by atoms with E-state index in [-0.39, 0.29) is 22.0 Å². The molecule has 0 bridgehead atoms. The third kappa shape index (κ3) is 3.88. The molecule has 0 radical (unpaired) electrons. The molecule has 2 aromatic carbocycles. The van der Waals surface area contributed by atoms with Crippen molar-refractivity contribution in [3.63, 3.8) is 0 Å². The highest BCUT2D eigenvalue weighted by Gasteiger charge is 2.28. The fourth-order valence-electron chi connectivity index (χ4n) is 2.86. The molecule has 27 heavy (non-hydrogen) atoms. The Morgan fingerprint density at radius 3 is 2.56 bits per heavy atom. The van der Waals surface area contributed by atoms with Crippen molar-refractivity contribution >= 4 is 44.6 Å². The fourth-order valence-corrected chi connectivity index (χ4v) is 4.68. The first-order valence-corrected chi connectivity index (χ1v) is 10.0. The van der Waals surface area contributed by atoms with Crippen LogP contribution in [0.15, 0.2) is 36.4 Å². The van der Waals surface area contributed by atoms with E-state index in [0.29, 0.717) is 29.9 Å². The van der Waals surface area contributed by atoms with E-state index in [4.69, 9.17) is 11.6 Å². The topological polar surface area (TPSA) is 110 Å². The van der Waals surface area contributed by atoms with E-state index >= 15 is 0 Å². The molecule has 0 aromatic heterocycles. The smallest absolute Gasteiger partial charge is 0.270 e. The zero-order valence-corrected chi connectivity index (χ0v) is 15.9. The van der Waals surface area contributed by atoms with Gasteiger partial charge in [-0.3, -0.25) is 19.2 Å². The number of carbonyl (C=O) groups excluding carboxylic acids is 1. The number of nitrogens with zero attached hydrogens (tertiary/aromatic N) is 2. The van der Waals surface area contributed by atoms with Gasteiger partial charge in [-0.1, -0.05) is 11.6 Å². The second kappa shape index (κ2) is 7.16. The molecule has 0 spiro atoms. The molecule has 1 heterocycles. The number of hydrogen-bond donors (Lipinski definition) is 1. The van der Waals surface area contributed by atoms with Gasteiger partial charge < -0.3 is 5.32 Å². The number of rotatable bonds is 4. The number of carbonyl (C=O) groups is 1. The first kappa shape index (κ1) is 19.1. The lowest BCUT2D eigenvalue weighted by Gasteiger charge is -2.18. The van der Waals surface area contributed by atoms with Crippen LogP contribution in [0, 0.1) is 17.0 Å². The molecule has 142 valence electrons. The largest absolute Gasteiger partial charge is 0.322 e. The van der Waals surface area contributed by atoms with Gasteiger partial charge >= 0.3 is 0 Å². The molecular weight excluding hydrogens is 394 g/mol. The van der Waals surface area contributed by atoms with Crippen LogP contribution < -0.4 is 9.62 Å². The van der Waals surface area contributed by atoms with Crippen molar-refractivity contribution in [2.45, 2.75) is 13.3 Å². The summed E-state index contributed by atoms with van der Waals surface area (Å²) in [5.74, 6) is -0.386. The van der Waals surface area contributed by atoms with Gasteiger partial charge in [0.25, 0.3) is 11.6 Å². The summed E-state index contributed by atoms with van der Waals surface area (Å²) in [6.07, 6.45) is 0.582. The van der Waals surface area contributed by atoms with Crippen LogP contribution in [0.1, 0.15) is 22.3 Å². The summed E-state index contributed by atoms with van der Waals surface area (Å²) in [6, 6.07) is 8.55. The van der Waals surface area contributed by atoms with Crippen molar-refractivity contribution in [3.05, 3.63) is 62.7 Å². The minimum atomic E-state index is -3.28. The average molecular weight is 410 g/mol. The van der Waals surface area contributed by atoms with Crippen molar-refractivity contribution in [3.8, 4) is 0 Å². The van der Waals surface area contributed by atoms with Gasteiger partial charge in [-0.25, -0.2) is 8.42 Å². The van der Waals surface area contributed by atoms with E-state index in [9.17, 15) is 23.3 Å². The number of benzene rings is 2. The number of nitro groups is 1. The monoisotopic (exact) mass is 409 g/mol. The SMILES string of the molecule is Cc1cc(N2CCCS2(=O)=O)ccc1NC(=O)c1ccc([N+](=O)[O-])cc1Cl. The lowest BCUT2D eigenvalue weighted by atomic mass is 10.1. The van der Waals surface area contributed by atoms with Crippen LogP contribution in [-0.4, -0.2) is 31.5 Å². The number of hydrogen-bond acceptors (Lipinski definition) is 5. The summed E-state index contributed by atoms with van der Waals surface area (Å²) < 4.78 is 25.4. The quantitative estimate of drug-likeness (QED) is 0.615. The number of sulfonamides is 1. The number of aryl methyl sites for hydroxylation is 1. The van der Waals surface area contributed by atoms with Gasteiger partial charge in [0.2, 0.25) is 10.0 Å². The van der Waals surface area contributed by atoms with Crippen LogP contribution in [0.5, 0.6) is 0 Å². The molecule has 2 aromatic rings. The number of nitrogens with one attached hydrogen (secondary N) is 1. The van der Waals surface area contributed by atoms with Crippen molar-refractivity contribution in [1.82, 2.24) is 0 Å². The molecule has 1 amide bonds. The van der Waals surface area contributed by atoms with Crippen molar-refractivity contribution in [2.24, 2.45) is 0 Å². The second-order valence-electron chi connectivity index (χ2n) is 6.12. The van der Waals surface area contributed by atoms with Gasteiger partial charge in [-0.2, -0.15) is 0 Å². The number of halogens is 1. The molecule has 1 aliphatic heterocycles. The van der Waals surface area contributed by atoms with Crippen molar-refractivity contribution in [1.29, 1.82) is 0 Å². The Hall–Kier alpha value is -2.65. The van der Waals surface area contributed by atoms with E-state index < -0.39 is 20.9 Å². The Morgan fingerprint density at radius 1 is 1.26 bits per heavy atom. The summed E-state index contributed by atoms with van der Waals surface area (Å²) in [7, 11) is -3.28. The van der Waals surface area contributed by atoms with Crippen LogP contribution in [0.4, 0.5) is 17.1 Å². The Labute approximate surface area is 160 Å². The van der Waals surface area contributed by atoms with E-state index in [1.165, 1.54) is 16.4 Å². The molecule has 0 atom stereocenters. The van der Waals surface area contributed by atoms with Crippen LogP contribution in [0.2, 0.25) is 5.02 Å². The number of nitro benzene ring substituents is 1. The van der Waals surface area contributed by atoms with Gasteiger partial charge in [-0.15, -0.1) is 0 Å². The fraction of sp³-hybridized carbons (Fsp3) is 0.235. The molecule has 1 fully saturated rings. The first-order chi connectivity index (χ1) is 12.7. The van der Waals surface area contributed by atoms with E-state index in [2.05, 4.69) is 5.32 Å². The van der Waals surface area contributed by atoms with Gasteiger partial charge in [0.05, 0.1) is 26.9 Å². The molecule has 1 N–H and O–H groups in total. The highest BCUT2D eigenvalue weighted by atomic mass is 35.5. The minimum absolute atomic E-state index is 0.0286. The van der Waals surface area contributed by atoms with Crippen molar-refractivity contribution < 1.29 is 18.1 Å². The summed E-state index contributed by atoms with van der Waals surface area (Å²) in [4.78, 5) is 22.6. The molecule has 0 saturated carbocycles. The third-order valence-electron chi connectivity index (χ3n) is 4.25. The molecule has 0 aliphatic carbocycles. The molecule has 1 saturated heterocycles. The maximum absolute atomic E-state index is 12.4. The predicted octanol–water partition coefficient (Wildman–Crippen LogP) is 3.35. The van der Waals surface area contributed by atoms with E-state index in [1.54, 1.807) is 25.1 Å². The summed E-state index contributed by atoms with van der Waals surface area (Å²) in [6.45, 7) is 2.19. The van der Waals surface area contributed by atoms with Crippen molar-refractivity contribution in [2.75, 3.05) is 21.9 Å².